The predicted octanol–water partition coefficient (Wildman–Crippen LogP) is 2.55. The van der Waals surface area contributed by atoms with Gasteiger partial charge in [-0.15, -0.1) is 0 Å². The predicted molar refractivity (Wildman–Crippen MR) is 61.9 cm³/mol. The molecule has 1 heterocycles. The fraction of sp³-hybridized carbons (Fsp3) is 0.250. The number of benzene rings is 1. The summed E-state index contributed by atoms with van der Waals surface area (Å²) in [5, 5.41) is 4.12. The van der Waals surface area contributed by atoms with Crippen LogP contribution in [0.3, 0.4) is 0 Å². The van der Waals surface area contributed by atoms with E-state index in [1.165, 1.54) is 6.07 Å². The van der Waals surface area contributed by atoms with Gasteiger partial charge in [0, 0.05) is 0 Å². The molecule has 0 amide bonds. The molecular formula is C12H14FN3. The van der Waals surface area contributed by atoms with E-state index in [1.807, 2.05) is 0 Å². The van der Waals surface area contributed by atoms with Crippen molar-refractivity contribution in [3.8, 4) is 5.69 Å². The fourth-order valence-electron chi connectivity index (χ4n) is 1.70. The molecule has 1 aromatic heterocycles. The number of para-hydroxylation sites is 1. The van der Waals surface area contributed by atoms with Crippen molar-refractivity contribution in [2.75, 3.05) is 5.73 Å². The number of hydrogen-bond acceptors (Lipinski definition) is 2. The van der Waals surface area contributed by atoms with Crippen molar-refractivity contribution >= 4 is 5.69 Å². The quantitative estimate of drug-likeness (QED) is 0.862. The van der Waals surface area contributed by atoms with E-state index < -0.39 is 0 Å². The Morgan fingerprint density at radius 3 is 2.81 bits per heavy atom. The Labute approximate surface area is 93.7 Å². The number of nitrogen functional groups attached to an aromatic ring is 1. The van der Waals surface area contributed by atoms with Gasteiger partial charge in [-0.25, -0.2) is 9.07 Å². The zero-order chi connectivity index (χ0) is 11.5. The van der Waals surface area contributed by atoms with Crippen LogP contribution < -0.4 is 5.73 Å². The maximum absolute atomic E-state index is 13.6. The summed E-state index contributed by atoms with van der Waals surface area (Å²) in [7, 11) is 0. The first kappa shape index (κ1) is 10.7. The maximum Gasteiger partial charge on any atom is 0.148 e. The Balaban J connectivity index is 2.52. The minimum atomic E-state index is -0.289. The van der Waals surface area contributed by atoms with Gasteiger partial charge >= 0.3 is 0 Å². The smallest absolute Gasteiger partial charge is 0.148 e. The highest BCUT2D eigenvalue weighted by molar-refractivity contribution is 5.46. The summed E-state index contributed by atoms with van der Waals surface area (Å²) in [6.07, 6.45) is 3.31. The molecule has 2 aromatic rings. The molecule has 3 nitrogen and oxygen atoms in total. The third kappa shape index (κ3) is 1.78. The van der Waals surface area contributed by atoms with Crippen molar-refractivity contribution in [2.24, 2.45) is 0 Å². The number of anilines is 1. The van der Waals surface area contributed by atoms with Crippen LogP contribution in [0.4, 0.5) is 10.1 Å². The van der Waals surface area contributed by atoms with Gasteiger partial charge in [0.2, 0.25) is 0 Å². The first-order valence-corrected chi connectivity index (χ1v) is 5.31. The SMILES string of the molecule is CCCc1c(N)cnn1-c1ccccc1F. The molecule has 2 N–H and O–H groups in total. The van der Waals surface area contributed by atoms with Crippen molar-refractivity contribution < 1.29 is 4.39 Å². The molecule has 4 heteroatoms. The Morgan fingerprint density at radius 2 is 2.12 bits per heavy atom. The first-order chi connectivity index (χ1) is 7.74. The van der Waals surface area contributed by atoms with Gasteiger partial charge in [0.05, 0.1) is 17.6 Å². The molecule has 0 bridgehead atoms. The fourth-order valence-corrected chi connectivity index (χ4v) is 1.70. The molecular weight excluding hydrogens is 205 g/mol. The lowest BCUT2D eigenvalue weighted by molar-refractivity contribution is 0.605. The minimum Gasteiger partial charge on any atom is -0.396 e. The van der Waals surface area contributed by atoms with Gasteiger partial charge < -0.3 is 5.73 Å². The lowest BCUT2D eigenvalue weighted by atomic mass is 10.2. The molecule has 0 fully saturated rings. The topological polar surface area (TPSA) is 43.8 Å². The molecule has 0 unspecified atom stereocenters. The van der Waals surface area contributed by atoms with E-state index in [2.05, 4.69) is 12.0 Å². The molecule has 16 heavy (non-hydrogen) atoms. The monoisotopic (exact) mass is 219 g/mol. The summed E-state index contributed by atoms with van der Waals surface area (Å²) in [4.78, 5) is 0. The van der Waals surface area contributed by atoms with Crippen LogP contribution in [-0.2, 0) is 6.42 Å². The summed E-state index contributed by atoms with van der Waals surface area (Å²) in [6, 6.07) is 6.56. The van der Waals surface area contributed by atoms with Crippen molar-refractivity contribution in [2.45, 2.75) is 19.8 Å². The van der Waals surface area contributed by atoms with Gasteiger partial charge in [0.1, 0.15) is 11.5 Å². The number of nitrogens with two attached hydrogens (primary N) is 1. The van der Waals surface area contributed by atoms with Crippen molar-refractivity contribution in [3.05, 3.63) is 42.0 Å². The zero-order valence-electron chi connectivity index (χ0n) is 9.15. The van der Waals surface area contributed by atoms with Crippen molar-refractivity contribution in [3.63, 3.8) is 0 Å². The summed E-state index contributed by atoms with van der Waals surface area (Å²) >= 11 is 0. The van der Waals surface area contributed by atoms with Gasteiger partial charge in [0.15, 0.2) is 0 Å². The van der Waals surface area contributed by atoms with Crippen LogP contribution >= 0.6 is 0 Å². The number of aromatic nitrogens is 2. The van der Waals surface area contributed by atoms with Crippen LogP contribution in [0.5, 0.6) is 0 Å². The van der Waals surface area contributed by atoms with Crippen LogP contribution in [-0.4, -0.2) is 9.78 Å². The second-order valence-electron chi connectivity index (χ2n) is 3.66. The molecule has 0 aliphatic heterocycles. The van der Waals surface area contributed by atoms with Gasteiger partial charge in [-0.2, -0.15) is 5.10 Å². The molecule has 0 atom stereocenters. The highest BCUT2D eigenvalue weighted by Gasteiger charge is 2.11. The van der Waals surface area contributed by atoms with Crippen LogP contribution in [0, 0.1) is 5.82 Å². The van der Waals surface area contributed by atoms with Crippen LogP contribution in [0.15, 0.2) is 30.5 Å². The van der Waals surface area contributed by atoms with Crippen molar-refractivity contribution in [1.82, 2.24) is 9.78 Å². The summed E-state index contributed by atoms with van der Waals surface area (Å²) in [5.74, 6) is -0.289. The van der Waals surface area contributed by atoms with Crippen LogP contribution in [0.1, 0.15) is 19.0 Å². The summed E-state index contributed by atoms with van der Waals surface area (Å²) in [5.41, 5.74) is 7.74. The zero-order valence-corrected chi connectivity index (χ0v) is 9.15. The average Bonchev–Trinajstić information content (AvgIpc) is 2.62. The third-order valence-electron chi connectivity index (χ3n) is 2.47. The van der Waals surface area contributed by atoms with Crippen LogP contribution in [0.25, 0.3) is 5.69 Å². The Morgan fingerprint density at radius 1 is 1.38 bits per heavy atom. The van der Waals surface area contributed by atoms with Crippen molar-refractivity contribution in [1.29, 1.82) is 0 Å². The van der Waals surface area contributed by atoms with Gasteiger partial charge in [-0.05, 0) is 18.6 Å². The Hall–Kier alpha value is -1.84. The minimum absolute atomic E-state index is 0.289. The second kappa shape index (κ2) is 4.35. The number of halogens is 1. The van der Waals surface area contributed by atoms with Gasteiger partial charge in [-0.1, -0.05) is 25.5 Å². The molecule has 0 saturated carbocycles. The number of hydrogen-bond donors (Lipinski definition) is 1. The van der Waals surface area contributed by atoms with E-state index in [0.717, 1.165) is 18.5 Å². The van der Waals surface area contributed by atoms with E-state index in [1.54, 1.807) is 29.1 Å². The molecule has 0 spiro atoms. The van der Waals surface area contributed by atoms with Gasteiger partial charge in [-0.3, -0.25) is 0 Å². The standard InChI is InChI=1S/C12H14FN3/c1-2-5-12-10(14)8-15-16(12)11-7-4-3-6-9(11)13/h3-4,6-8H,2,5,14H2,1H3. The molecule has 0 aliphatic carbocycles. The molecule has 0 saturated heterocycles. The Kier molecular flexibility index (Phi) is 2.90. The highest BCUT2D eigenvalue weighted by Crippen LogP contribution is 2.20. The molecule has 0 aliphatic rings. The van der Waals surface area contributed by atoms with E-state index in [9.17, 15) is 4.39 Å². The Bertz CT molecular complexity index is 491. The van der Waals surface area contributed by atoms with E-state index >= 15 is 0 Å². The van der Waals surface area contributed by atoms with Crippen LogP contribution in [0.2, 0.25) is 0 Å². The second-order valence-corrected chi connectivity index (χ2v) is 3.66. The highest BCUT2D eigenvalue weighted by atomic mass is 19.1. The molecule has 1 aromatic carbocycles. The number of nitrogens with zero attached hydrogens (tertiary/aromatic N) is 2. The number of rotatable bonds is 3. The average molecular weight is 219 g/mol. The first-order valence-electron chi connectivity index (χ1n) is 5.31. The lowest BCUT2D eigenvalue weighted by Crippen LogP contribution is -2.05. The van der Waals surface area contributed by atoms with E-state index in [-0.39, 0.29) is 5.82 Å². The maximum atomic E-state index is 13.6. The van der Waals surface area contributed by atoms with E-state index in [4.69, 9.17) is 5.73 Å². The largest absolute Gasteiger partial charge is 0.396 e. The molecule has 84 valence electrons. The summed E-state index contributed by atoms with van der Waals surface area (Å²) in [6.45, 7) is 2.05. The molecule has 2 rings (SSSR count). The molecule has 0 radical (unpaired) electrons. The normalized spacial score (nSPS) is 10.6. The summed E-state index contributed by atoms with van der Waals surface area (Å²) < 4.78 is 15.2. The van der Waals surface area contributed by atoms with E-state index in [0.29, 0.717) is 11.4 Å². The third-order valence-corrected chi connectivity index (χ3v) is 2.47. The lowest BCUT2D eigenvalue weighted by Gasteiger charge is -2.08. The van der Waals surface area contributed by atoms with Gasteiger partial charge in [0.25, 0.3) is 0 Å².